The van der Waals surface area contributed by atoms with E-state index in [2.05, 4.69) is 5.10 Å². The predicted octanol–water partition coefficient (Wildman–Crippen LogP) is 2.40. The first-order chi connectivity index (χ1) is 7.77. The first kappa shape index (κ1) is 8.84. The van der Waals surface area contributed by atoms with Gasteiger partial charge in [-0.05, 0) is 12.1 Å². The number of aromatic nitrogens is 2. The number of nitrogens with zero attached hydrogens (tertiary/aromatic N) is 3. The molecule has 1 aromatic carbocycles. The van der Waals surface area contributed by atoms with Crippen molar-refractivity contribution in [3.05, 3.63) is 52.7 Å². The van der Waals surface area contributed by atoms with E-state index in [9.17, 15) is 10.1 Å². The van der Waals surface area contributed by atoms with Gasteiger partial charge >= 0.3 is 5.69 Å². The van der Waals surface area contributed by atoms with Crippen molar-refractivity contribution >= 4 is 22.1 Å². The molecule has 0 spiro atoms. The molecule has 2 aromatic heterocycles. The lowest BCUT2D eigenvalue weighted by molar-refractivity contribution is -0.383. The van der Waals surface area contributed by atoms with Gasteiger partial charge in [-0.1, -0.05) is 24.3 Å². The molecule has 0 amide bonds. The molecule has 0 N–H and O–H groups in total. The molecule has 0 aliphatic carbocycles. The van der Waals surface area contributed by atoms with Crippen LogP contribution in [0.25, 0.3) is 16.4 Å². The molecule has 0 aliphatic rings. The Balaban J connectivity index is 2.49. The number of pyridine rings is 1. The van der Waals surface area contributed by atoms with Crippen LogP contribution in [0.2, 0.25) is 0 Å². The Bertz CT molecular complexity index is 703. The van der Waals surface area contributed by atoms with Crippen LogP contribution in [0.3, 0.4) is 0 Å². The molecule has 0 atom stereocenters. The summed E-state index contributed by atoms with van der Waals surface area (Å²) in [7, 11) is 0. The van der Waals surface area contributed by atoms with E-state index < -0.39 is 4.92 Å². The van der Waals surface area contributed by atoms with Crippen molar-refractivity contribution in [1.82, 2.24) is 9.61 Å². The minimum Gasteiger partial charge on any atom is -0.258 e. The highest BCUT2D eigenvalue weighted by Crippen LogP contribution is 2.23. The fourth-order valence-electron chi connectivity index (χ4n) is 1.83. The summed E-state index contributed by atoms with van der Waals surface area (Å²) in [6.07, 6.45) is 1.28. The molecule has 78 valence electrons. The number of nitro groups is 1. The Morgan fingerprint density at radius 2 is 1.94 bits per heavy atom. The van der Waals surface area contributed by atoms with Gasteiger partial charge in [0.15, 0.2) is 0 Å². The molecule has 0 aliphatic heterocycles. The first-order valence-corrected chi connectivity index (χ1v) is 4.77. The van der Waals surface area contributed by atoms with E-state index in [-0.39, 0.29) is 5.69 Å². The van der Waals surface area contributed by atoms with E-state index in [1.54, 1.807) is 10.6 Å². The van der Waals surface area contributed by atoms with Gasteiger partial charge in [-0.25, -0.2) is 4.52 Å². The number of hydrogen-bond acceptors (Lipinski definition) is 3. The van der Waals surface area contributed by atoms with E-state index in [1.165, 1.54) is 6.20 Å². The summed E-state index contributed by atoms with van der Waals surface area (Å²) in [4.78, 5) is 10.3. The van der Waals surface area contributed by atoms with Crippen LogP contribution in [0.1, 0.15) is 0 Å². The maximum Gasteiger partial charge on any atom is 0.314 e. The molecule has 0 fully saturated rings. The number of hydrogen-bond donors (Lipinski definition) is 0. The van der Waals surface area contributed by atoms with Crippen LogP contribution in [0, 0.1) is 10.1 Å². The van der Waals surface area contributed by atoms with Gasteiger partial charge < -0.3 is 0 Å². The second-order valence-electron chi connectivity index (χ2n) is 3.48. The van der Waals surface area contributed by atoms with Crippen molar-refractivity contribution in [3.8, 4) is 0 Å². The highest BCUT2D eigenvalue weighted by molar-refractivity contribution is 5.84. The topological polar surface area (TPSA) is 60.4 Å². The van der Waals surface area contributed by atoms with Crippen molar-refractivity contribution in [2.24, 2.45) is 0 Å². The number of benzene rings is 1. The fraction of sp³-hybridized carbons (Fsp3) is 0. The summed E-state index contributed by atoms with van der Waals surface area (Å²) in [6.45, 7) is 0. The van der Waals surface area contributed by atoms with Gasteiger partial charge in [0.25, 0.3) is 0 Å². The Hall–Kier alpha value is -2.43. The van der Waals surface area contributed by atoms with Crippen LogP contribution in [0.15, 0.2) is 42.6 Å². The molecule has 16 heavy (non-hydrogen) atoms. The highest BCUT2D eigenvalue weighted by Gasteiger charge is 2.15. The van der Waals surface area contributed by atoms with Crippen molar-refractivity contribution in [3.63, 3.8) is 0 Å². The van der Waals surface area contributed by atoms with Gasteiger partial charge in [-0.2, -0.15) is 5.10 Å². The van der Waals surface area contributed by atoms with Gasteiger partial charge in [0.2, 0.25) is 0 Å². The minimum atomic E-state index is -0.420. The largest absolute Gasteiger partial charge is 0.314 e. The SMILES string of the molecule is O=[N+]([O-])c1cnn2c1ccc1ccccc12. The van der Waals surface area contributed by atoms with Gasteiger partial charge in [0.05, 0.1) is 10.4 Å². The summed E-state index contributed by atoms with van der Waals surface area (Å²) >= 11 is 0. The van der Waals surface area contributed by atoms with Crippen LogP contribution in [-0.2, 0) is 0 Å². The molecule has 0 saturated heterocycles. The van der Waals surface area contributed by atoms with Gasteiger partial charge in [0, 0.05) is 5.39 Å². The van der Waals surface area contributed by atoms with E-state index >= 15 is 0 Å². The zero-order chi connectivity index (χ0) is 11.1. The highest BCUT2D eigenvalue weighted by atomic mass is 16.6. The second kappa shape index (κ2) is 3.03. The Morgan fingerprint density at radius 1 is 1.12 bits per heavy atom. The third-order valence-electron chi connectivity index (χ3n) is 2.57. The Morgan fingerprint density at radius 3 is 2.75 bits per heavy atom. The smallest absolute Gasteiger partial charge is 0.258 e. The average molecular weight is 213 g/mol. The van der Waals surface area contributed by atoms with E-state index in [1.807, 2.05) is 30.3 Å². The zero-order valence-electron chi connectivity index (χ0n) is 8.20. The normalized spacial score (nSPS) is 11.0. The van der Waals surface area contributed by atoms with Gasteiger partial charge in [0.1, 0.15) is 11.7 Å². The molecular weight excluding hydrogens is 206 g/mol. The zero-order valence-corrected chi connectivity index (χ0v) is 8.20. The van der Waals surface area contributed by atoms with Gasteiger partial charge in [-0.15, -0.1) is 0 Å². The molecule has 0 saturated carbocycles. The summed E-state index contributed by atoms with van der Waals surface area (Å²) < 4.78 is 1.59. The summed E-state index contributed by atoms with van der Waals surface area (Å²) in [6, 6.07) is 11.2. The molecule has 0 unspecified atom stereocenters. The summed E-state index contributed by atoms with van der Waals surface area (Å²) in [5.41, 5.74) is 1.42. The predicted molar refractivity (Wildman–Crippen MR) is 59.4 cm³/mol. The molecule has 5 heteroatoms. The molecule has 3 rings (SSSR count). The lowest BCUT2D eigenvalue weighted by Crippen LogP contribution is -1.90. The van der Waals surface area contributed by atoms with Crippen LogP contribution in [0.5, 0.6) is 0 Å². The van der Waals surface area contributed by atoms with Crippen molar-refractivity contribution in [2.75, 3.05) is 0 Å². The minimum absolute atomic E-state index is 0.0331. The molecule has 5 nitrogen and oxygen atoms in total. The Labute approximate surface area is 90.1 Å². The summed E-state index contributed by atoms with van der Waals surface area (Å²) in [5, 5.41) is 15.8. The monoisotopic (exact) mass is 213 g/mol. The quantitative estimate of drug-likeness (QED) is 0.460. The third kappa shape index (κ3) is 1.08. The van der Waals surface area contributed by atoms with E-state index in [0.29, 0.717) is 5.52 Å². The average Bonchev–Trinajstić information content (AvgIpc) is 2.73. The van der Waals surface area contributed by atoms with Crippen molar-refractivity contribution < 1.29 is 4.92 Å². The third-order valence-corrected chi connectivity index (χ3v) is 2.57. The molecule has 2 heterocycles. The van der Waals surface area contributed by atoms with Crippen LogP contribution in [0.4, 0.5) is 5.69 Å². The molecular formula is C11H7N3O2. The Kier molecular flexibility index (Phi) is 1.67. The van der Waals surface area contributed by atoms with Crippen LogP contribution >= 0.6 is 0 Å². The second-order valence-corrected chi connectivity index (χ2v) is 3.48. The fourth-order valence-corrected chi connectivity index (χ4v) is 1.83. The molecule has 0 radical (unpaired) electrons. The maximum absolute atomic E-state index is 10.8. The van der Waals surface area contributed by atoms with Crippen LogP contribution < -0.4 is 0 Å². The van der Waals surface area contributed by atoms with E-state index in [4.69, 9.17) is 0 Å². The number of para-hydroxylation sites is 1. The lowest BCUT2D eigenvalue weighted by Gasteiger charge is -1.99. The molecule has 0 bridgehead atoms. The maximum atomic E-state index is 10.8. The van der Waals surface area contributed by atoms with E-state index in [0.717, 1.165) is 10.9 Å². The van der Waals surface area contributed by atoms with Gasteiger partial charge in [-0.3, -0.25) is 10.1 Å². The lowest BCUT2D eigenvalue weighted by atomic mass is 10.2. The molecule has 3 aromatic rings. The standard InChI is InChI=1S/C11H7N3O2/c15-14(16)11-7-12-13-9-4-2-1-3-8(9)5-6-10(11)13/h1-7H. The number of fused-ring (bicyclic) bond motifs is 3. The first-order valence-electron chi connectivity index (χ1n) is 4.77. The number of rotatable bonds is 1. The van der Waals surface area contributed by atoms with Crippen LogP contribution in [-0.4, -0.2) is 14.5 Å². The van der Waals surface area contributed by atoms with Crippen molar-refractivity contribution in [1.29, 1.82) is 0 Å². The summed E-state index contributed by atoms with van der Waals surface area (Å²) in [5.74, 6) is 0. The van der Waals surface area contributed by atoms with Crippen molar-refractivity contribution in [2.45, 2.75) is 0 Å².